The van der Waals surface area contributed by atoms with E-state index in [9.17, 15) is 19.2 Å². The Labute approximate surface area is 201 Å². The summed E-state index contributed by atoms with van der Waals surface area (Å²) in [7, 11) is 1.24. The van der Waals surface area contributed by atoms with Crippen molar-refractivity contribution >= 4 is 23.9 Å². The highest BCUT2D eigenvalue weighted by atomic mass is 16.6. The van der Waals surface area contributed by atoms with Crippen LogP contribution in [0.3, 0.4) is 0 Å². The summed E-state index contributed by atoms with van der Waals surface area (Å²) < 4.78 is 10.0. The summed E-state index contributed by atoms with van der Waals surface area (Å²) in [6.45, 7) is 8.75. The van der Waals surface area contributed by atoms with E-state index in [1.807, 2.05) is 19.9 Å². The number of rotatable bonds is 10. The molecule has 0 radical (unpaired) electrons. The van der Waals surface area contributed by atoms with Crippen LogP contribution in [-0.4, -0.2) is 60.1 Å². The molecule has 1 fully saturated rings. The van der Waals surface area contributed by atoms with E-state index in [1.54, 1.807) is 49.9 Å². The number of hydrogen-bond donors (Lipinski definition) is 2. The Hall–Kier alpha value is -3.10. The third kappa shape index (κ3) is 7.74. The minimum absolute atomic E-state index is 0.145. The van der Waals surface area contributed by atoms with Crippen LogP contribution in [0.1, 0.15) is 65.5 Å². The largest absolute Gasteiger partial charge is 0.468 e. The second-order valence-electron chi connectivity index (χ2n) is 9.59. The number of methoxy groups -OCH3 is 1. The number of esters is 1. The van der Waals surface area contributed by atoms with Gasteiger partial charge in [-0.2, -0.15) is 0 Å². The summed E-state index contributed by atoms with van der Waals surface area (Å²) in [6, 6.07) is 6.95. The number of hydrogen-bond acceptors (Lipinski definition) is 6. The van der Waals surface area contributed by atoms with E-state index in [1.165, 1.54) is 7.11 Å². The first kappa shape index (κ1) is 27.1. The Morgan fingerprint density at radius 1 is 1.12 bits per heavy atom. The Morgan fingerprint density at radius 3 is 2.24 bits per heavy atom. The van der Waals surface area contributed by atoms with E-state index >= 15 is 0 Å². The number of nitrogens with one attached hydrogen (secondary N) is 2. The molecule has 1 aromatic carbocycles. The summed E-state index contributed by atoms with van der Waals surface area (Å²) >= 11 is 0. The summed E-state index contributed by atoms with van der Waals surface area (Å²) in [5, 5.41) is 5.32. The van der Waals surface area contributed by atoms with Gasteiger partial charge in [-0.25, -0.2) is 4.79 Å². The molecule has 0 heterocycles. The maximum atomic E-state index is 13.9. The third-order valence-corrected chi connectivity index (χ3v) is 5.62. The molecule has 9 heteroatoms. The van der Waals surface area contributed by atoms with Gasteiger partial charge in [0.2, 0.25) is 11.8 Å². The van der Waals surface area contributed by atoms with Crippen LogP contribution in [0.25, 0.3) is 0 Å². The molecule has 3 atom stereocenters. The number of amides is 3. The van der Waals surface area contributed by atoms with Crippen LogP contribution in [0, 0.1) is 5.92 Å². The van der Waals surface area contributed by atoms with Gasteiger partial charge in [0.25, 0.3) is 0 Å². The molecule has 1 aromatic rings. The first-order valence-electron chi connectivity index (χ1n) is 11.7. The van der Waals surface area contributed by atoms with E-state index < -0.39 is 35.7 Å². The molecule has 0 aliphatic heterocycles. The van der Waals surface area contributed by atoms with Crippen LogP contribution in [-0.2, 0) is 23.9 Å². The van der Waals surface area contributed by atoms with Crippen LogP contribution in [0.2, 0.25) is 0 Å². The number of nitrogens with zero attached hydrogens (tertiary/aromatic N) is 1. The first-order valence-corrected chi connectivity index (χ1v) is 11.7. The molecule has 0 aromatic heterocycles. The lowest BCUT2D eigenvalue weighted by atomic mass is 9.95. The molecule has 1 aliphatic rings. The van der Waals surface area contributed by atoms with Crippen molar-refractivity contribution in [2.75, 3.05) is 13.7 Å². The van der Waals surface area contributed by atoms with E-state index in [-0.39, 0.29) is 24.4 Å². The van der Waals surface area contributed by atoms with Gasteiger partial charge >= 0.3 is 12.1 Å². The molecule has 188 valence electrons. The highest BCUT2D eigenvalue weighted by Crippen LogP contribution is 2.36. The smallest absolute Gasteiger partial charge is 0.408 e. The van der Waals surface area contributed by atoms with Crippen molar-refractivity contribution in [1.82, 2.24) is 15.5 Å². The summed E-state index contributed by atoms with van der Waals surface area (Å²) in [6.07, 6.45) is 1.45. The Balaban J connectivity index is 2.39. The quantitative estimate of drug-likeness (QED) is 0.503. The topological polar surface area (TPSA) is 114 Å². The molecular weight excluding hydrogens is 438 g/mol. The molecule has 0 spiro atoms. The van der Waals surface area contributed by atoms with Gasteiger partial charge in [-0.15, -0.1) is 0 Å². The van der Waals surface area contributed by atoms with Gasteiger partial charge in [-0.3, -0.25) is 14.4 Å². The second kappa shape index (κ2) is 11.9. The average molecular weight is 476 g/mol. The van der Waals surface area contributed by atoms with Crippen LogP contribution < -0.4 is 10.6 Å². The van der Waals surface area contributed by atoms with Crippen LogP contribution in [0.15, 0.2) is 30.3 Å². The predicted octanol–water partition coefficient (Wildman–Crippen LogP) is 2.95. The number of ether oxygens (including phenoxy) is 2. The van der Waals surface area contributed by atoms with Crippen LogP contribution >= 0.6 is 0 Å². The fourth-order valence-electron chi connectivity index (χ4n) is 3.55. The molecule has 0 saturated heterocycles. The SMILES string of the molecule is CCC(C)C(NC(=O)OC(C)(C)C)C(=O)N(C1CC1)C(C(=O)NCC(=O)OC)c1ccccc1. The Kier molecular flexibility index (Phi) is 9.46. The summed E-state index contributed by atoms with van der Waals surface area (Å²) in [5.74, 6) is -1.63. The molecule has 3 amide bonds. The molecule has 1 saturated carbocycles. The Morgan fingerprint density at radius 2 is 1.74 bits per heavy atom. The zero-order valence-electron chi connectivity index (χ0n) is 20.9. The maximum Gasteiger partial charge on any atom is 0.408 e. The van der Waals surface area contributed by atoms with Crippen molar-refractivity contribution in [1.29, 1.82) is 0 Å². The van der Waals surface area contributed by atoms with Gasteiger partial charge in [-0.1, -0.05) is 50.6 Å². The molecular formula is C25H37N3O6. The normalized spacial score (nSPS) is 15.9. The third-order valence-electron chi connectivity index (χ3n) is 5.62. The first-order chi connectivity index (χ1) is 16.0. The van der Waals surface area contributed by atoms with Gasteiger partial charge < -0.3 is 25.0 Å². The predicted molar refractivity (Wildman–Crippen MR) is 127 cm³/mol. The van der Waals surface area contributed by atoms with Crippen molar-refractivity contribution < 1.29 is 28.7 Å². The molecule has 0 bridgehead atoms. The molecule has 34 heavy (non-hydrogen) atoms. The van der Waals surface area contributed by atoms with E-state index in [0.29, 0.717) is 12.0 Å². The summed E-state index contributed by atoms with van der Waals surface area (Å²) in [4.78, 5) is 52.9. The average Bonchev–Trinajstić information content (AvgIpc) is 3.62. The van der Waals surface area contributed by atoms with Gasteiger partial charge in [0.15, 0.2) is 0 Å². The van der Waals surface area contributed by atoms with Crippen molar-refractivity contribution in [2.24, 2.45) is 5.92 Å². The highest BCUT2D eigenvalue weighted by molar-refractivity contribution is 5.93. The van der Waals surface area contributed by atoms with Crippen molar-refractivity contribution in [3.8, 4) is 0 Å². The molecule has 2 N–H and O–H groups in total. The molecule has 2 rings (SSSR count). The lowest BCUT2D eigenvalue weighted by molar-refractivity contribution is -0.145. The number of benzene rings is 1. The number of carbonyl (C=O) groups is 4. The molecule has 1 aliphatic carbocycles. The second-order valence-corrected chi connectivity index (χ2v) is 9.59. The fourth-order valence-corrected chi connectivity index (χ4v) is 3.55. The van der Waals surface area contributed by atoms with Crippen molar-refractivity contribution in [2.45, 2.75) is 77.6 Å². The fraction of sp³-hybridized carbons (Fsp3) is 0.600. The van der Waals surface area contributed by atoms with Crippen LogP contribution in [0.4, 0.5) is 4.79 Å². The number of carbonyl (C=O) groups excluding carboxylic acids is 4. The van der Waals surface area contributed by atoms with Gasteiger partial charge in [0.05, 0.1) is 7.11 Å². The van der Waals surface area contributed by atoms with Gasteiger partial charge in [0, 0.05) is 6.04 Å². The van der Waals surface area contributed by atoms with Crippen molar-refractivity contribution in [3.05, 3.63) is 35.9 Å². The highest BCUT2D eigenvalue weighted by Gasteiger charge is 2.45. The van der Waals surface area contributed by atoms with E-state index in [0.717, 1.165) is 12.8 Å². The molecule has 3 unspecified atom stereocenters. The van der Waals surface area contributed by atoms with Gasteiger partial charge in [-0.05, 0) is 45.1 Å². The lowest BCUT2D eigenvalue weighted by Gasteiger charge is -2.36. The lowest BCUT2D eigenvalue weighted by Crippen LogP contribution is -2.56. The monoisotopic (exact) mass is 475 g/mol. The van der Waals surface area contributed by atoms with Gasteiger partial charge in [0.1, 0.15) is 24.2 Å². The molecule has 9 nitrogen and oxygen atoms in total. The minimum atomic E-state index is -0.960. The minimum Gasteiger partial charge on any atom is -0.468 e. The van der Waals surface area contributed by atoms with E-state index in [2.05, 4.69) is 15.4 Å². The zero-order valence-corrected chi connectivity index (χ0v) is 20.9. The van der Waals surface area contributed by atoms with Crippen LogP contribution in [0.5, 0.6) is 0 Å². The Bertz CT molecular complexity index is 863. The number of alkyl carbamates (subject to hydrolysis) is 1. The standard InChI is InChI=1S/C25H37N3O6/c1-7-16(2)20(27-24(32)34-25(3,4)5)23(31)28(18-13-14-18)21(17-11-9-8-10-12-17)22(30)26-15-19(29)33-6/h8-12,16,18,20-21H,7,13-15H2,1-6H3,(H,26,30)(H,27,32). The maximum absolute atomic E-state index is 13.9. The van der Waals surface area contributed by atoms with E-state index in [4.69, 9.17) is 4.74 Å². The van der Waals surface area contributed by atoms with Crippen molar-refractivity contribution in [3.63, 3.8) is 0 Å². The summed E-state index contributed by atoms with van der Waals surface area (Å²) in [5.41, 5.74) is -0.103. The zero-order chi connectivity index (χ0) is 25.5.